The fraction of sp³-hybridized carbons (Fsp3) is 0.571. The number of Topliss-reactive ketones (excluding diaryl/α,β-unsaturated/α-hetero) is 1. The molecule has 0 aliphatic carbocycles. The van der Waals surface area contributed by atoms with Crippen molar-refractivity contribution in [3.8, 4) is 0 Å². The minimum absolute atomic E-state index is 0.0945. The summed E-state index contributed by atoms with van der Waals surface area (Å²) in [5.41, 5.74) is 0.609. The standard InChI is InChI=1S/C21H29N3O6/c1-12(2)7-15(18(27)21(10-26)11-30-21)23-20(29)17(9-25)24-19(28)16-8-13-5-3-4-6-14(13)22-16/h3-6,12,15-17,22,25-26H,7-11H2,1-2H3,(H,23,29)(H,24,28)/t15-,16?,17-,21+/m0/s1. The van der Waals surface area contributed by atoms with Gasteiger partial charge in [-0.3, -0.25) is 14.4 Å². The molecule has 9 nitrogen and oxygen atoms in total. The highest BCUT2D eigenvalue weighted by molar-refractivity contribution is 5.98. The Morgan fingerprint density at radius 3 is 2.47 bits per heavy atom. The second-order valence-electron chi connectivity index (χ2n) is 8.30. The number of amides is 2. The number of para-hydroxylation sites is 1. The summed E-state index contributed by atoms with van der Waals surface area (Å²) in [7, 11) is 0. The first kappa shape index (κ1) is 22.2. The lowest BCUT2D eigenvalue weighted by Gasteiger charge is -2.25. The SMILES string of the molecule is CC(C)C[C@H](NC(=O)[C@H](CO)NC(=O)C1Cc2ccccc2N1)C(=O)[C@@]1(CO)CO1. The van der Waals surface area contributed by atoms with Crippen LogP contribution in [-0.2, 0) is 25.5 Å². The number of aliphatic hydroxyl groups is 2. The quantitative estimate of drug-likeness (QED) is 0.318. The predicted molar refractivity (Wildman–Crippen MR) is 109 cm³/mol. The lowest BCUT2D eigenvalue weighted by Crippen LogP contribution is -2.57. The topological polar surface area (TPSA) is 140 Å². The Labute approximate surface area is 175 Å². The third-order valence-electron chi connectivity index (χ3n) is 5.44. The zero-order valence-electron chi connectivity index (χ0n) is 17.2. The van der Waals surface area contributed by atoms with E-state index in [1.165, 1.54) is 0 Å². The van der Waals surface area contributed by atoms with Crippen LogP contribution in [0, 0.1) is 5.92 Å². The van der Waals surface area contributed by atoms with Crippen LogP contribution in [0.2, 0.25) is 0 Å². The zero-order valence-corrected chi connectivity index (χ0v) is 17.2. The Kier molecular flexibility index (Phi) is 6.74. The van der Waals surface area contributed by atoms with Crippen LogP contribution in [0.1, 0.15) is 25.8 Å². The molecule has 0 spiro atoms. The number of aliphatic hydroxyl groups excluding tert-OH is 2. The Morgan fingerprint density at radius 2 is 1.90 bits per heavy atom. The van der Waals surface area contributed by atoms with E-state index in [4.69, 9.17) is 4.74 Å². The average molecular weight is 419 g/mol. The van der Waals surface area contributed by atoms with Crippen LogP contribution < -0.4 is 16.0 Å². The number of carbonyl (C=O) groups is 3. The van der Waals surface area contributed by atoms with Crippen molar-refractivity contribution in [2.75, 3.05) is 25.1 Å². The maximum Gasteiger partial charge on any atom is 0.245 e. The highest BCUT2D eigenvalue weighted by atomic mass is 16.6. The number of fused-ring (bicyclic) bond motifs is 1. The van der Waals surface area contributed by atoms with E-state index < -0.39 is 54.5 Å². The van der Waals surface area contributed by atoms with Crippen molar-refractivity contribution in [1.82, 2.24) is 10.6 Å². The molecule has 2 aliphatic heterocycles. The van der Waals surface area contributed by atoms with E-state index in [1.807, 2.05) is 38.1 Å². The normalized spacial score (nSPS) is 23.8. The number of ether oxygens (including phenoxy) is 1. The van der Waals surface area contributed by atoms with Crippen LogP contribution in [0.5, 0.6) is 0 Å². The molecule has 4 atom stereocenters. The number of hydrogen-bond acceptors (Lipinski definition) is 7. The minimum Gasteiger partial charge on any atom is -0.394 e. The fourth-order valence-corrected chi connectivity index (χ4v) is 3.61. The van der Waals surface area contributed by atoms with Crippen molar-refractivity contribution in [3.05, 3.63) is 29.8 Å². The van der Waals surface area contributed by atoms with Crippen LogP contribution in [-0.4, -0.2) is 71.4 Å². The monoisotopic (exact) mass is 419 g/mol. The van der Waals surface area contributed by atoms with Gasteiger partial charge in [0, 0.05) is 12.1 Å². The van der Waals surface area contributed by atoms with Gasteiger partial charge in [0.05, 0.1) is 25.9 Å². The first-order chi connectivity index (χ1) is 14.3. The number of benzene rings is 1. The smallest absolute Gasteiger partial charge is 0.245 e. The second-order valence-corrected chi connectivity index (χ2v) is 8.30. The van der Waals surface area contributed by atoms with E-state index >= 15 is 0 Å². The van der Waals surface area contributed by atoms with Crippen molar-refractivity contribution in [2.24, 2.45) is 5.92 Å². The van der Waals surface area contributed by atoms with Gasteiger partial charge in [0.2, 0.25) is 11.8 Å². The Hall–Kier alpha value is -2.49. The third-order valence-corrected chi connectivity index (χ3v) is 5.44. The van der Waals surface area contributed by atoms with E-state index in [1.54, 1.807) is 0 Å². The first-order valence-corrected chi connectivity index (χ1v) is 10.1. The van der Waals surface area contributed by atoms with Gasteiger partial charge in [0.15, 0.2) is 11.4 Å². The summed E-state index contributed by atoms with van der Waals surface area (Å²) in [6.07, 6.45) is 0.827. The molecule has 2 amide bonds. The van der Waals surface area contributed by atoms with E-state index in [2.05, 4.69) is 16.0 Å². The molecule has 0 bridgehead atoms. The molecule has 1 aromatic rings. The molecular formula is C21H29N3O6. The van der Waals surface area contributed by atoms with Crippen molar-refractivity contribution < 1.29 is 29.3 Å². The lowest BCUT2D eigenvalue weighted by atomic mass is 9.92. The second kappa shape index (κ2) is 9.11. The van der Waals surface area contributed by atoms with Crippen LogP contribution >= 0.6 is 0 Å². The molecule has 2 aliphatic rings. The van der Waals surface area contributed by atoms with E-state index in [0.717, 1.165) is 11.3 Å². The van der Waals surface area contributed by atoms with Crippen LogP contribution in [0.25, 0.3) is 0 Å². The molecule has 0 saturated carbocycles. The number of anilines is 1. The van der Waals surface area contributed by atoms with Gasteiger partial charge in [-0.05, 0) is 24.0 Å². The van der Waals surface area contributed by atoms with E-state index in [0.29, 0.717) is 12.8 Å². The molecule has 1 saturated heterocycles. The van der Waals surface area contributed by atoms with Gasteiger partial charge in [-0.1, -0.05) is 32.0 Å². The molecule has 0 radical (unpaired) electrons. The minimum atomic E-state index is -1.26. The third kappa shape index (κ3) is 4.80. The summed E-state index contributed by atoms with van der Waals surface area (Å²) in [6, 6.07) is 4.92. The van der Waals surface area contributed by atoms with Crippen LogP contribution in [0.15, 0.2) is 24.3 Å². The van der Waals surface area contributed by atoms with Gasteiger partial charge in [0.25, 0.3) is 0 Å². The molecule has 5 N–H and O–H groups in total. The number of carbonyl (C=O) groups excluding carboxylic acids is 3. The summed E-state index contributed by atoms with van der Waals surface area (Å²) >= 11 is 0. The van der Waals surface area contributed by atoms with Crippen molar-refractivity contribution in [2.45, 2.75) is 50.4 Å². The Morgan fingerprint density at radius 1 is 1.20 bits per heavy atom. The Bertz CT molecular complexity index is 783. The summed E-state index contributed by atoms with van der Waals surface area (Å²) in [5, 5.41) is 27.4. The lowest BCUT2D eigenvalue weighted by molar-refractivity contribution is -0.134. The van der Waals surface area contributed by atoms with Gasteiger partial charge in [-0.15, -0.1) is 0 Å². The zero-order chi connectivity index (χ0) is 21.9. The number of nitrogens with one attached hydrogen (secondary N) is 3. The van der Waals surface area contributed by atoms with Gasteiger partial charge in [-0.2, -0.15) is 0 Å². The number of hydrogen-bond donors (Lipinski definition) is 5. The van der Waals surface area contributed by atoms with Gasteiger partial charge >= 0.3 is 0 Å². The molecule has 164 valence electrons. The van der Waals surface area contributed by atoms with E-state index in [9.17, 15) is 24.6 Å². The fourth-order valence-electron chi connectivity index (χ4n) is 3.61. The largest absolute Gasteiger partial charge is 0.394 e. The summed E-state index contributed by atoms with van der Waals surface area (Å²) in [4.78, 5) is 38.1. The average Bonchev–Trinajstić information content (AvgIpc) is 3.40. The first-order valence-electron chi connectivity index (χ1n) is 10.1. The van der Waals surface area contributed by atoms with Gasteiger partial charge in [-0.25, -0.2) is 0 Å². The molecule has 0 aromatic heterocycles. The highest BCUT2D eigenvalue weighted by Gasteiger charge is 2.54. The maximum atomic E-state index is 12.7. The summed E-state index contributed by atoms with van der Waals surface area (Å²) in [5.74, 6) is -1.38. The molecule has 9 heteroatoms. The number of epoxide rings is 1. The maximum absolute atomic E-state index is 12.7. The molecule has 1 fully saturated rings. The van der Waals surface area contributed by atoms with Gasteiger partial charge in [0.1, 0.15) is 12.1 Å². The Balaban J connectivity index is 1.61. The molecule has 30 heavy (non-hydrogen) atoms. The van der Waals surface area contributed by atoms with E-state index in [-0.39, 0.29) is 12.5 Å². The van der Waals surface area contributed by atoms with Crippen LogP contribution in [0.3, 0.4) is 0 Å². The number of rotatable bonds is 10. The van der Waals surface area contributed by atoms with Gasteiger partial charge < -0.3 is 30.9 Å². The summed E-state index contributed by atoms with van der Waals surface area (Å²) < 4.78 is 5.12. The molecule has 2 heterocycles. The highest BCUT2D eigenvalue weighted by Crippen LogP contribution is 2.30. The molecule has 1 aromatic carbocycles. The molecule has 3 rings (SSSR count). The van der Waals surface area contributed by atoms with Crippen LogP contribution in [0.4, 0.5) is 5.69 Å². The van der Waals surface area contributed by atoms with Crippen molar-refractivity contribution in [1.29, 1.82) is 0 Å². The van der Waals surface area contributed by atoms with Crippen molar-refractivity contribution >= 4 is 23.3 Å². The summed E-state index contributed by atoms with van der Waals surface area (Å²) in [6.45, 7) is 2.85. The molecular weight excluding hydrogens is 390 g/mol. The molecule has 1 unspecified atom stereocenters. The number of ketones is 1. The predicted octanol–water partition coefficient (Wildman–Crippen LogP) is -0.638. The van der Waals surface area contributed by atoms with Crippen molar-refractivity contribution in [3.63, 3.8) is 0 Å².